The Kier molecular flexibility index (Phi) is 5.94. The largest absolute Gasteiger partial charge is 0.455 e. The summed E-state index contributed by atoms with van der Waals surface area (Å²) in [5.41, 5.74) is 0. The van der Waals surface area contributed by atoms with Crippen LogP contribution in [0.2, 0.25) is 0 Å². The van der Waals surface area contributed by atoms with Crippen LogP contribution >= 0.6 is 0 Å². The second kappa shape index (κ2) is 7.22. The van der Waals surface area contributed by atoms with Crippen molar-refractivity contribution >= 4 is 11.9 Å². The van der Waals surface area contributed by atoms with Gasteiger partial charge in [-0.15, -0.1) is 6.58 Å². The molecule has 1 rings (SSSR count). The lowest BCUT2D eigenvalue weighted by molar-refractivity contribution is -0.269. The highest BCUT2D eigenvalue weighted by atomic mass is 16.7. The Morgan fingerprint density at radius 3 is 2.42 bits per heavy atom. The highest BCUT2D eigenvalue weighted by molar-refractivity contribution is 5.67. The molecule has 108 valence electrons. The van der Waals surface area contributed by atoms with Crippen LogP contribution in [0.5, 0.6) is 0 Å². The molecular formula is C12H18O7. The predicted molar refractivity (Wildman–Crippen MR) is 63.0 cm³/mol. The monoisotopic (exact) mass is 274 g/mol. The average Bonchev–Trinajstić information content (AvgIpc) is 2.32. The first-order valence-corrected chi connectivity index (χ1v) is 5.82. The first-order chi connectivity index (χ1) is 8.95. The van der Waals surface area contributed by atoms with Gasteiger partial charge in [0.1, 0.15) is 6.10 Å². The Morgan fingerprint density at radius 1 is 1.32 bits per heavy atom. The third kappa shape index (κ3) is 4.62. The van der Waals surface area contributed by atoms with Crippen molar-refractivity contribution in [2.75, 3.05) is 13.2 Å². The third-order valence-corrected chi connectivity index (χ3v) is 2.43. The summed E-state index contributed by atoms with van der Waals surface area (Å²) in [6, 6.07) is 0. The molecule has 4 atom stereocenters. The van der Waals surface area contributed by atoms with E-state index in [0.29, 0.717) is 0 Å². The molecule has 0 aliphatic carbocycles. The Bertz CT molecular complexity index is 341. The van der Waals surface area contributed by atoms with Crippen molar-refractivity contribution in [3.63, 3.8) is 0 Å². The lowest BCUT2D eigenvalue weighted by Crippen LogP contribution is -2.57. The fourth-order valence-electron chi connectivity index (χ4n) is 1.74. The predicted octanol–water partition coefficient (Wildman–Crippen LogP) is -0.230. The van der Waals surface area contributed by atoms with Crippen LogP contribution in [0.15, 0.2) is 12.7 Å². The van der Waals surface area contributed by atoms with Crippen molar-refractivity contribution in [3.05, 3.63) is 12.7 Å². The molecule has 1 N–H and O–H groups in total. The summed E-state index contributed by atoms with van der Waals surface area (Å²) in [7, 11) is 0. The van der Waals surface area contributed by atoms with E-state index in [1.807, 2.05) is 0 Å². The molecule has 0 aromatic carbocycles. The molecule has 1 unspecified atom stereocenters. The molecule has 7 heteroatoms. The minimum absolute atomic E-state index is 0.0186. The average molecular weight is 274 g/mol. The number of carbonyl (C=O) groups excluding carboxylic acids is 2. The van der Waals surface area contributed by atoms with Gasteiger partial charge in [-0.1, -0.05) is 6.08 Å². The van der Waals surface area contributed by atoms with Gasteiger partial charge in [0, 0.05) is 13.8 Å². The summed E-state index contributed by atoms with van der Waals surface area (Å²) in [4.78, 5) is 22.1. The van der Waals surface area contributed by atoms with E-state index in [9.17, 15) is 14.7 Å². The van der Waals surface area contributed by atoms with Crippen molar-refractivity contribution in [2.24, 2.45) is 0 Å². The van der Waals surface area contributed by atoms with Crippen molar-refractivity contribution in [1.82, 2.24) is 0 Å². The SMILES string of the molecule is C=CCO[C@@H]1COC(O)[C@H](OC(C)=O)[C@H]1OC(C)=O. The molecule has 0 spiro atoms. The van der Waals surface area contributed by atoms with Crippen LogP contribution < -0.4 is 0 Å². The maximum absolute atomic E-state index is 11.1. The van der Waals surface area contributed by atoms with Gasteiger partial charge in [-0.05, 0) is 0 Å². The lowest BCUT2D eigenvalue weighted by atomic mass is 10.0. The van der Waals surface area contributed by atoms with E-state index < -0.39 is 36.5 Å². The van der Waals surface area contributed by atoms with E-state index in [1.54, 1.807) is 0 Å². The summed E-state index contributed by atoms with van der Waals surface area (Å²) in [5.74, 6) is -1.18. The van der Waals surface area contributed by atoms with Crippen LogP contribution in [-0.4, -0.2) is 54.9 Å². The fraction of sp³-hybridized carbons (Fsp3) is 0.667. The van der Waals surface area contributed by atoms with Crippen LogP contribution in [-0.2, 0) is 28.5 Å². The summed E-state index contributed by atoms with van der Waals surface area (Å²) < 4.78 is 20.4. The van der Waals surface area contributed by atoms with Crippen molar-refractivity contribution in [3.8, 4) is 0 Å². The lowest BCUT2D eigenvalue weighted by Gasteiger charge is -2.38. The van der Waals surface area contributed by atoms with Crippen LogP contribution in [0, 0.1) is 0 Å². The van der Waals surface area contributed by atoms with Gasteiger partial charge in [-0.2, -0.15) is 0 Å². The molecular weight excluding hydrogens is 256 g/mol. The van der Waals surface area contributed by atoms with Crippen molar-refractivity contribution < 1.29 is 33.6 Å². The molecule has 0 aromatic heterocycles. The normalized spacial score (nSPS) is 30.5. The number of hydrogen-bond donors (Lipinski definition) is 1. The molecule has 0 saturated carbocycles. The van der Waals surface area contributed by atoms with E-state index >= 15 is 0 Å². The summed E-state index contributed by atoms with van der Waals surface area (Å²) in [6.07, 6.45) is -2.53. The third-order valence-electron chi connectivity index (χ3n) is 2.43. The Morgan fingerprint density at radius 2 is 1.89 bits per heavy atom. The molecule has 7 nitrogen and oxygen atoms in total. The molecule has 19 heavy (non-hydrogen) atoms. The van der Waals surface area contributed by atoms with Crippen LogP contribution in [0.25, 0.3) is 0 Å². The number of hydrogen-bond acceptors (Lipinski definition) is 7. The molecule has 0 aromatic rings. The molecule has 0 radical (unpaired) electrons. The quantitative estimate of drug-likeness (QED) is 0.547. The van der Waals surface area contributed by atoms with Crippen molar-refractivity contribution in [1.29, 1.82) is 0 Å². The number of rotatable bonds is 5. The van der Waals surface area contributed by atoms with Crippen LogP contribution in [0.4, 0.5) is 0 Å². The zero-order valence-corrected chi connectivity index (χ0v) is 10.9. The Labute approximate surface area is 111 Å². The van der Waals surface area contributed by atoms with Gasteiger partial charge in [-0.25, -0.2) is 0 Å². The second-order valence-corrected chi connectivity index (χ2v) is 4.03. The van der Waals surface area contributed by atoms with Gasteiger partial charge >= 0.3 is 11.9 Å². The topological polar surface area (TPSA) is 91.3 Å². The Balaban J connectivity index is 2.83. The van der Waals surface area contributed by atoms with Gasteiger partial charge < -0.3 is 24.1 Å². The second-order valence-electron chi connectivity index (χ2n) is 4.03. The highest BCUT2D eigenvalue weighted by Crippen LogP contribution is 2.22. The van der Waals surface area contributed by atoms with E-state index in [2.05, 4.69) is 6.58 Å². The van der Waals surface area contributed by atoms with E-state index in [4.69, 9.17) is 18.9 Å². The minimum Gasteiger partial charge on any atom is -0.455 e. The van der Waals surface area contributed by atoms with Gasteiger partial charge in [-0.3, -0.25) is 9.59 Å². The molecule has 1 fully saturated rings. The molecule has 0 amide bonds. The number of esters is 2. The van der Waals surface area contributed by atoms with E-state index in [0.717, 1.165) is 0 Å². The first kappa shape index (κ1) is 15.6. The highest BCUT2D eigenvalue weighted by Gasteiger charge is 2.45. The summed E-state index contributed by atoms with van der Waals surface area (Å²) in [6.45, 7) is 6.15. The Hall–Kier alpha value is -1.44. The number of ether oxygens (including phenoxy) is 4. The molecule has 0 bridgehead atoms. The fourth-order valence-corrected chi connectivity index (χ4v) is 1.74. The van der Waals surface area contributed by atoms with Crippen LogP contribution in [0.3, 0.4) is 0 Å². The van der Waals surface area contributed by atoms with E-state index in [-0.39, 0.29) is 13.2 Å². The zero-order chi connectivity index (χ0) is 14.4. The van der Waals surface area contributed by atoms with Gasteiger partial charge in [0.05, 0.1) is 13.2 Å². The smallest absolute Gasteiger partial charge is 0.303 e. The zero-order valence-electron chi connectivity index (χ0n) is 10.9. The summed E-state index contributed by atoms with van der Waals surface area (Å²) in [5, 5.41) is 9.68. The van der Waals surface area contributed by atoms with E-state index in [1.165, 1.54) is 19.9 Å². The molecule has 1 aliphatic rings. The van der Waals surface area contributed by atoms with Crippen molar-refractivity contribution in [2.45, 2.75) is 38.4 Å². The first-order valence-electron chi connectivity index (χ1n) is 5.82. The standard InChI is InChI=1S/C12H18O7/c1-4-5-16-9-6-17-12(15)11(19-8(3)14)10(9)18-7(2)13/h4,9-12,15H,1,5-6H2,2-3H3/t9-,10+,11-,12?/m1/s1. The minimum atomic E-state index is -1.36. The maximum atomic E-state index is 11.1. The number of carbonyl (C=O) groups is 2. The maximum Gasteiger partial charge on any atom is 0.303 e. The molecule has 1 saturated heterocycles. The molecule has 1 heterocycles. The van der Waals surface area contributed by atoms with Gasteiger partial charge in [0.25, 0.3) is 0 Å². The van der Waals surface area contributed by atoms with Gasteiger partial charge in [0.15, 0.2) is 18.5 Å². The number of aliphatic hydroxyl groups is 1. The molecule has 1 aliphatic heterocycles. The number of aliphatic hydroxyl groups excluding tert-OH is 1. The van der Waals surface area contributed by atoms with Crippen LogP contribution in [0.1, 0.15) is 13.8 Å². The van der Waals surface area contributed by atoms with Gasteiger partial charge in [0.2, 0.25) is 0 Å². The summed E-state index contributed by atoms with van der Waals surface area (Å²) >= 11 is 0.